The fraction of sp³-hybridized carbons (Fsp3) is 0.100. The smallest absolute Gasteiger partial charge is 0.338 e. The number of benzene rings is 1. The third kappa shape index (κ3) is 1.38. The van der Waals surface area contributed by atoms with Crippen LogP contribution in [0.3, 0.4) is 0 Å². The molecule has 0 saturated heterocycles. The van der Waals surface area contributed by atoms with Crippen LogP contribution in [0.15, 0.2) is 24.4 Å². The Balaban J connectivity index is 2.72. The van der Waals surface area contributed by atoms with Gasteiger partial charge in [0.25, 0.3) is 0 Å². The molecule has 2 rings (SSSR count). The van der Waals surface area contributed by atoms with E-state index in [-0.39, 0.29) is 0 Å². The van der Waals surface area contributed by atoms with Crippen molar-refractivity contribution >= 4 is 23.3 Å². The van der Waals surface area contributed by atoms with Crippen molar-refractivity contribution in [3.8, 4) is 0 Å². The SMILES string of the molecule is COC(=O)c1cccc2c1cnn2C=O. The van der Waals surface area contributed by atoms with Gasteiger partial charge in [0, 0.05) is 5.39 Å². The molecule has 0 unspecified atom stereocenters. The van der Waals surface area contributed by atoms with Crippen LogP contribution in [0.4, 0.5) is 0 Å². The Kier molecular flexibility index (Phi) is 2.21. The third-order valence-electron chi connectivity index (χ3n) is 2.15. The van der Waals surface area contributed by atoms with Gasteiger partial charge in [0.15, 0.2) is 0 Å². The van der Waals surface area contributed by atoms with Crippen LogP contribution in [-0.2, 0) is 9.53 Å². The molecular formula is C10H8N2O3. The Bertz CT molecular complexity index is 530. The first-order valence-corrected chi connectivity index (χ1v) is 4.27. The minimum atomic E-state index is -0.439. The molecule has 5 nitrogen and oxygen atoms in total. The Labute approximate surface area is 85.3 Å². The van der Waals surface area contributed by atoms with Crippen molar-refractivity contribution < 1.29 is 14.3 Å². The Hall–Kier alpha value is -2.17. The number of aromatic nitrogens is 2. The maximum Gasteiger partial charge on any atom is 0.338 e. The zero-order valence-electron chi connectivity index (χ0n) is 8.01. The Morgan fingerprint density at radius 2 is 2.33 bits per heavy atom. The second-order valence-electron chi connectivity index (χ2n) is 2.92. The second kappa shape index (κ2) is 3.53. The van der Waals surface area contributed by atoms with E-state index in [1.54, 1.807) is 18.2 Å². The summed E-state index contributed by atoms with van der Waals surface area (Å²) in [6.45, 7) is 0. The maximum atomic E-state index is 11.4. The van der Waals surface area contributed by atoms with Gasteiger partial charge in [-0.2, -0.15) is 5.10 Å². The fourth-order valence-electron chi connectivity index (χ4n) is 1.44. The van der Waals surface area contributed by atoms with Gasteiger partial charge in [-0.3, -0.25) is 4.79 Å². The van der Waals surface area contributed by atoms with E-state index >= 15 is 0 Å². The standard InChI is InChI=1S/C10H8N2O3/c1-15-10(14)7-3-2-4-9-8(7)5-11-12(9)6-13/h2-6H,1H3. The third-order valence-corrected chi connectivity index (χ3v) is 2.15. The minimum Gasteiger partial charge on any atom is -0.465 e. The molecule has 0 aliphatic heterocycles. The largest absolute Gasteiger partial charge is 0.465 e. The number of carbonyl (C=O) groups excluding carboxylic acids is 2. The highest BCUT2D eigenvalue weighted by molar-refractivity contribution is 6.04. The van der Waals surface area contributed by atoms with Gasteiger partial charge < -0.3 is 4.74 Å². The van der Waals surface area contributed by atoms with E-state index in [0.29, 0.717) is 22.9 Å². The average Bonchev–Trinajstić information content (AvgIpc) is 2.70. The number of methoxy groups -OCH3 is 1. The van der Waals surface area contributed by atoms with E-state index in [4.69, 9.17) is 0 Å². The number of hydrogen-bond acceptors (Lipinski definition) is 4. The monoisotopic (exact) mass is 204 g/mol. The molecule has 0 bridgehead atoms. The van der Waals surface area contributed by atoms with Crippen LogP contribution in [0.5, 0.6) is 0 Å². The highest BCUT2D eigenvalue weighted by Crippen LogP contribution is 2.18. The van der Waals surface area contributed by atoms with Crippen LogP contribution in [0, 0.1) is 0 Å². The fourth-order valence-corrected chi connectivity index (χ4v) is 1.44. The predicted molar refractivity (Wildman–Crippen MR) is 53.2 cm³/mol. The van der Waals surface area contributed by atoms with Gasteiger partial charge in [-0.1, -0.05) is 6.07 Å². The van der Waals surface area contributed by atoms with Crippen LogP contribution in [-0.4, -0.2) is 29.3 Å². The normalized spacial score (nSPS) is 10.2. The molecule has 1 aromatic heterocycles. The number of nitrogens with zero attached hydrogens (tertiary/aromatic N) is 2. The lowest BCUT2D eigenvalue weighted by Crippen LogP contribution is -2.02. The van der Waals surface area contributed by atoms with Crippen molar-refractivity contribution in [2.24, 2.45) is 0 Å². The summed E-state index contributed by atoms with van der Waals surface area (Å²) in [5.74, 6) is -0.439. The molecule has 76 valence electrons. The molecule has 1 heterocycles. The van der Waals surface area contributed by atoms with Gasteiger partial charge >= 0.3 is 5.97 Å². The number of ether oxygens (including phenoxy) is 1. The maximum absolute atomic E-state index is 11.4. The number of esters is 1. The van der Waals surface area contributed by atoms with Crippen LogP contribution < -0.4 is 0 Å². The Morgan fingerprint density at radius 3 is 3.00 bits per heavy atom. The average molecular weight is 204 g/mol. The molecule has 0 spiro atoms. The molecule has 0 atom stereocenters. The molecule has 0 N–H and O–H groups in total. The molecule has 15 heavy (non-hydrogen) atoms. The van der Waals surface area contributed by atoms with Crippen LogP contribution in [0.1, 0.15) is 10.4 Å². The van der Waals surface area contributed by atoms with Crippen molar-refractivity contribution in [2.75, 3.05) is 7.11 Å². The van der Waals surface area contributed by atoms with Gasteiger partial charge in [-0.25, -0.2) is 9.48 Å². The van der Waals surface area contributed by atoms with Crippen molar-refractivity contribution in [3.63, 3.8) is 0 Å². The molecule has 0 fully saturated rings. The second-order valence-corrected chi connectivity index (χ2v) is 2.92. The summed E-state index contributed by atoms with van der Waals surface area (Å²) in [5.41, 5.74) is 0.996. The van der Waals surface area contributed by atoms with E-state index < -0.39 is 5.97 Å². The first-order valence-electron chi connectivity index (χ1n) is 4.27. The summed E-state index contributed by atoms with van der Waals surface area (Å²) in [7, 11) is 1.31. The topological polar surface area (TPSA) is 61.2 Å². The van der Waals surface area contributed by atoms with Gasteiger partial charge in [-0.15, -0.1) is 0 Å². The van der Waals surface area contributed by atoms with Crippen LogP contribution >= 0.6 is 0 Å². The molecule has 1 aromatic carbocycles. The molecular weight excluding hydrogens is 196 g/mol. The first-order chi connectivity index (χ1) is 7.27. The van der Waals surface area contributed by atoms with E-state index in [1.165, 1.54) is 18.0 Å². The first kappa shape index (κ1) is 9.39. The highest BCUT2D eigenvalue weighted by Gasteiger charge is 2.12. The van der Waals surface area contributed by atoms with Crippen molar-refractivity contribution in [3.05, 3.63) is 30.0 Å². The van der Waals surface area contributed by atoms with E-state index in [1.807, 2.05) is 0 Å². The van der Waals surface area contributed by atoms with E-state index in [0.717, 1.165) is 0 Å². The zero-order valence-corrected chi connectivity index (χ0v) is 8.01. The van der Waals surface area contributed by atoms with Crippen molar-refractivity contribution in [2.45, 2.75) is 0 Å². The molecule has 0 amide bonds. The lowest BCUT2D eigenvalue weighted by Gasteiger charge is -2.00. The van der Waals surface area contributed by atoms with E-state index in [9.17, 15) is 9.59 Å². The molecule has 0 aliphatic rings. The van der Waals surface area contributed by atoms with Gasteiger partial charge in [0.05, 0.1) is 24.4 Å². The van der Waals surface area contributed by atoms with Crippen molar-refractivity contribution in [1.29, 1.82) is 0 Å². The quantitative estimate of drug-likeness (QED) is 0.537. The lowest BCUT2D eigenvalue weighted by atomic mass is 10.1. The number of rotatable bonds is 2. The molecule has 5 heteroatoms. The lowest BCUT2D eigenvalue weighted by molar-refractivity contribution is 0.0603. The molecule has 0 saturated carbocycles. The molecule has 0 radical (unpaired) electrons. The minimum absolute atomic E-state index is 0.406. The highest BCUT2D eigenvalue weighted by atomic mass is 16.5. The van der Waals surface area contributed by atoms with Crippen LogP contribution in [0.25, 0.3) is 10.9 Å². The number of carbonyl (C=O) groups is 2. The molecule has 2 aromatic rings. The van der Waals surface area contributed by atoms with Gasteiger partial charge in [0.2, 0.25) is 6.41 Å². The summed E-state index contributed by atoms with van der Waals surface area (Å²) in [5, 5.41) is 4.44. The van der Waals surface area contributed by atoms with Crippen LogP contribution in [0.2, 0.25) is 0 Å². The summed E-state index contributed by atoms with van der Waals surface area (Å²) in [6, 6.07) is 5.02. The number of fused-ring (bicyclic) bond motifs is 1. The zero-order chi connectivity index (χ0) is 10.8. The predicted octanol–water partition coefficient (Wildman–Crippen LogP) is 0.861. The summed E-state index contributed by atoms with van der Waals surface area (Å²) in [6.07, 6.45) is 2.05. The van der Waals surface area contributed by atoms with Gasteiger partial charge in [0.1, 0.15) is 0 Å². The summed E-state index contributed by atoms with van der Waals surface area (Å²) < 4.78 is 5.79. The molecule has 0 aliphatic carbocycles. The van der Waals surface area contributed by atoms with E-state index in [2.05, 4.69) is 9.84 Å². The number of hydrogen-bond donors (Lipinski definition) is 0. The Morgan fingerprint density at radius 1 is 1.53 bits per heavy atom. The summed E-state index contributed by atoms with van der Waals surface area (Å²) >= 11 is 0. The summed E-state index contributed by atoms with van der Waals surface area (Å²) in [4.78, 5) is 22.0. The van der Waals surface area contributed by atoms with Gasteiger partial charge in [-0.05, 0) is 12.1 Å². The van der Waals surface area contributed by atoms with Crippen molar-refractivity contribution in [1.82, 2.24) is 9.78 Å².